The van der Waals surface area contributed by atoms with Gasteiger partial charge in [-0.25, -0.2) is 0 Å². The second-order valence-corrected chi connectivity index (χ2v) is 27.8. The molecule has 20 N–H and O–H groups in total. The van der Waals surface area contributed by atoms with Crippen LogP contribution in [0.15, 0.2) is 6.07 Å². The van der Waals surface area contributed by atoms with E-state index in [0.717, 1.165) is 4.90 Å². The molecule has 0 saturated heterocycles. The number of nitrogens with zero attached hydrogens (tertiary/aromatic N) is 3. The van der Waals surface area contributed by atoms with E-state index in [4.69, 9.17) is 14.9 Å². The number of benzene rings is 3. The van der Waals surface area contributed by atoms with Crippen LogP contribution in [0.2, 0.25) is 0 Å². The van der Waals surface area contributed by atoms with E-state index in [1.165, 1.54) is 36.6 Å². The van der Waals surface area contributed by atoms with Crippen LogP contribution >= 0.6 is 158 Å². The molecule has 4 rings (SSSR count). The fourth-order valence-corrected chi connectivity index (χ4v) is 17.9. The minimum absolute atomic E-state index is 0.00586. The molecule has 40 heteroatoms. The topological polar surface area (TPSA) is 528 Å². The highest BCUT2D eigenvalue weighted by Crippen LogP contribution is 2.46. The maximum absolute atomic E-state index is 13.9. The van der Waals surface area contributed by atoms with Crippen molar-refractivity contribution in [1.29, 1.82) is 0 Å². The SMILES string of the molecule is CC(=O)N(CC(O)CO)c1c(I)c(C(=O)NCC(O)CO)cc(C(=O)NCC(O)CO)c1I.CC(=O)N(CC1CN(C(C)=O)c2c(I)c(C(=O)NCC(O)CO)c(I)c(C(=O)NCC(O)CO)c2O1)c1c(I)c(C(=O)NCC(O)CO)c(I)c(C(=O)NCC(O)CO)c1I. The number of amides is 9. The van der Waals surface area contributed by atoms with Crippen LogP contribution in [0.4, 0.5) is 17.1 Å². The molecule has 8 atom stereocenters. The molecule has 9 amide bonds. The Bertz CT molecular complexity index is 3150. The third-order valence-corrected chi connectivity index (χ3v) is 20.5. The standard InChI is InChI=1S/C35H43I5N6O15.C19H27I2N3O9/c1-13(51)45(29-26(38)20(32(57)41-3-15(53)9-47)24(36)21(27(29)39)33(58)42-4-16(54)10-48)7-19-8-46(14(2)52)30-28(40)22(34(59)43-5-17(55)11-49)25(37)23(31(30)61-19)35(60)44-6-18(56)12-50;1-9(28)24(5-12(31)8-27)17-15(20)13(18(32)22-3-10(29)6-25)2-14(16(17)21)19(33)23-4-11(30)7-26/h15-19,47-50,53-56H,3-12H2,1-2H3,(H,41,57)(H,42,58)(H,43,59)(H,44,60);2,10-12,25-27,29-31H,3-8H2,1H3,(H,22,32)(H,23,33). The van der Waals surface area contributed by atoms with Gasteiger partial charge in [0.1, 0.15) is 11.8 Å². The average molecular weight is 2120 g/mol. The highest BCUT2D eigenvalue weighted by molar-refractivity contribution is 14.1. The molecule has 1 aliphatic rings. The summed E-state index contributed by atoms with van der Waals surface area (Å²) < 4.78 is 7.63. The van der Waals surface area contributed by atoms with Crippen molar-refractivity contribution < 1.29 is 119 Å². The number of anilines is 3. The quantitative estimate of drug-likeness (QED) is 0.0273. The number of halogens is 7. The third kappa shape index (κ3) is 23.2. The molecule has 0 aromatic heterocycles. The van der Waals surface area contributed by atoms with Crippen LogP contribution in [0, 0.1) is 25.0 Å². The molecular formula is C54H70I7N9O24. The second-order valence-electron chi connectivity index (χ2n) is 20.3. The van der Waals surface area contributed by atoms with Crippen molar-refractivity contribution >= 4 is 228 Å². The van der Waals surface area contributed by atoms with Gasteiger partial charge < -0.3 is 123 Å². The van der Waals surface area contributed by atoms with E-state index in [2.05, 4.69) is 31.9 Å². The fraction of sp³-hybridized carbons (Fsp3) is 0.500. The van der Waals surface area contributed by atoms with Gasteiger partial charge in [-0.15, -0.1) is 0 Å². The first-order valence-corrected chi connectivity index (χ1v) is 35.2. The average Bonchev–Trinajstić information content (AvgIpc) is 0.758. The third-order valence-electron chi connectivity index (χ3n) is 13.0. The van der Waals surface area contributed by atoms with Gasteiger partial charge in [-0.05, 0) is 164 Å². The molecule has 0 spiro atoms. The lowest BCUT2D eigenvalue weighted by Gasteiger charge is -2.39. The van der Waals surface area contributed by atoms with E-state index >= 15 is 0 Å². The molecule has 524 valence electrons. The molecule has 3 aromatic carbocycles. The van der Waals surface area contributed by atoms with Crippen LogP contribution in [-0.2, 0) is 14.4 Å². The zero-order valence-electron chi connectivity index (χ0n) is 49.8. The Kier molecular flexibility index (Phi) is 37.4. The van der Waals surface area contributed by atoms with Gasteiger partial charge >= 0.3 is 0 Å². The molecule has 0 fully saturated rings. The maximum Gasteiger partial charge on any atom is 0.256 e. The number of nitrogens with one attached hydrogen (secondary N) is 6. The Morgan fingerprint density at radius 3 is 1.05 bits per heavy atom. The summed E-state index contributed by atoms with van der Waals surface area (Å²) >= 11 is 12.6. The molecule has 0 aliphatic carbocycles. The Morgan fingerprint density at radius 2 is 0.734 bits per heavy atom. The number of ether oxygens (including phenoxy) is 1. The number of hydrogen-bond acceptors (Lipinski definition) is 24. The number of rotatable bonds is 31. The second kappa shape index (κ2) is 41.1. The molecule has 3 aromatic rings. The molecule has 94 heavy (non-hydrogen) atoms. The summed E-state index contributed by atoms with van der Waals surface area (Å²) in [4.78, 5) is 124. The van der Waals surface area contributed by atoms with Crippen molar-refractivity contribution in [2.75, 3.05) is 120 Å². The number of aliphatic hydroxyl groups excluding tert-OH is 14. The summed E-state index contributed by atoms with van der Waals surface area (Å²) in [5.41, 5.74) is -0.359. The van der Waals surface area contributed by atoms with Crippen molar-refractivity contribution in [3.8, 4) is 5.75 Å². The van der Waals surface area contributed by atoms with Gasteiger partial charge in [0.05, 0.1) is 171 Å². The summed E-state index contributed by atoms with van der Waals surface area (Å²) in [5.74, 6) is -6.52. The normalized spacial score (nSPS) is 14.8. The number of hydrogen-bond donors (Lipinski definition) is 20. The van der Waals surface area contributed by atoms with Gasteiger partial charge in [-0.2, -0.15) is 0 Å². The van der Waals surface area contributed by atoms with Gasteiger partial charge in [0.15, 0.2) is 5.75 Å². The Hall–Kier alpha value is -2.76. The number of fused-ring (bicyclic) bond motifs is 1. The largest absolute Gasteiger partial charge is 0.484 e. The van der Waals surface area contributed by atoms with Crippen molar-refractivity contribution in [3.63, 3.8) is 0 Å². The van der Waals surface area contributed by atoms with Gasteiger partial charge in [-0.1, -0.05) is 0 Å². The monoisotopic (exact) mass is 2120 g/mol. The zero-order valence-corrected chi connectivity index (χ0v) is 64.9. The van der Waals surface area contributed by atoms with E-state index in [1.807, 2.05) is 113 Å². The molecule has 33 nitrogen and oxygen atoms in total. The van der Waals surface area contributed by atoms with E-state index in [1.54, 1.807) is 45.2 Å². The minimum atomic E-state index is -1.37. The van der Waals surface area contributed by atoms with Crippen molar-refractivity contribution in [2.24, 2.45) is 0 Å². The van der Waals surface area contributed by atoms with E-state index in [-0.39, 0.29) is 134 Å². The minimum Gasteiger partial charge on any atom is -0.484 e. The van der Waals surface area contributed by atoms with Crippen LogP contribution in [0.3, 0.4) is 0 Å². The summed E-state index contributed by atoms with van der Waals surface area (Å²) in [6.45, 7) is -3.84. The number of carbonyl (C=O) groups excluding carboxylic acids is 9. The predicted octanol–water partition coefficient (Wildman–Crippen LogP) is -4.02. The summed E-state index contributed by atoms with van der Waals surface area (Å²) in [6.07, 6.45) is -10.2. The van der Waals surface area contributed by atoms with Gasteiger partial charge in [0, 0.05) is 67.2 Å². The van der Waals surface area contributed by atoms with Crippen LogP contribution < -0.4 is 51.3 Å². The van der Waals surface area contributed by atoms with Crippen LogP contribution in [0.25, 0.3) is 0 Å². The molecule has 0 saturated carbocycles. The lowest BCUT2D eigenvalue weighted by atomic mass is 10.0. The van der Waals surface area contributed by atoms with Gasteiger partial charge in [0.2, 0.25) is 17.7 Å². The predicted molar refractivity (Wildman–Crippen MR) is 392 cm³/mol. The molecular weight excluding hydrogens is 2050 g/mol. The number of carbonyl (C=O) groups is 9. The Morgan fingerprint density at radius 1 is 0.436 bits per heavy atom. The van der Waals surface area contributed by atoms with Crippen LogP contribution in [0.1, 0.15) is 82.9 Å². The summed E-state index contributed by atoms with van der Waals surface area (Å²) in [7, 11) is 0. The fourth-order valence-electron chi connectivity index (χ4n) is 8.19. The Balaban J connectivity index is 0.000000588. The van der Waals surface area contributed by atoms with Gasteiger partial charge in [0.25, 0.3) is 35.4 Å². The lowest BCUT2D eigenvalue weighted by Crippen LogP contribution is -2.50. The molecule has 1 heterocycles. The Labute approximate surface area is 632 Å². The van der Waals surface area contributed by atoms with E-state index in [9.17, 15) is 104 Å². The molecule has 0 radical (unpaired) electrons. The first-order valence-electron chi connectivity index (χ1n) is 27.6. The summed E-state index contributed by atoms with van der Waals surface area (Å²) in [6, 6.07) is 1.27. The van der Waals surface area contributed by atoms with Crippen molar-refractivity contribution in [2.45, 2.75) is 69.6 Å². The van der Waals surface area contributed by atoms with E-state index < -0.39 is 155 Å². The van der Waals surface area contributed by atoms with Crippen molar-refractivity contribution in [3.05, 3.63) is 64.4 Å². The highest BCUT2D eigenvalue weighted by atomic mass is 127. The van der Waals surface area contributed by atoms with E-state index in [0.29, 0.717) is 0 Å². The maximum atomic E-state index is 13.9. The van der Waals surface area contributed by atoms with Crippen LogP contribution in [-0.4, -0.2) is 279 Å². The van der Waals surface area contributed by atoms with Crippen molar-refractivity contribution in [1.82, 2.24) is 31.9 Å². The summed E-state index contributed by atoms with van der Waals surface area (Å²) in [5, 5.41) is 148. The van der Waals surface area contributed by atoms with Gasteiger partial charge in [-0.3, -0.25) is 43.2 Å². The lowest BCUT2D eigenvalue weighted by molar-refractivity contribution is -0.118. The smallest absolute Gasteiger partial charge is 0.256 e. The molecule has 1 aliphatic heterocycles. The van der Waals surface area contributed by atoms with Crippen LogP contribution in [0.5, 0.6) is 5.75 Å². The first kappa shape index (κ1) is 85.5. The highest BCUT2D eigenvalue weighted by Gasteiger charge is 2.41. The zero-order chi connectivity index (χ0) is 71.3. The number of aliphatic hydroxyl groups is 14. The molecule has 0 bridgehead atoms. The molecule has 8 unspecified atom stereocenters. The first-order chi connectivity index (χ1) is 44.1.